The van der Waals surface area contributed by atoms with Crippen molar-refractivity contribution in [3.05, 3.63) is 29.8 Å². The van der Waals surface area contributed by atoms with Gasteiger partial charge in [0, 0.05) is 25.2 Å². The lowest BCUT2D eigenvalue weighted by Crippen LogP contribution is -2.48. The van der Waals surface area contributed by atoms with Crippen molar-refractivity contribution in [2.45, 2.75) is 61.8 Å². The summed E-state index contributed by atoms with van der Waals surface area (Å²) >= 11 is 0. The third-order valence-corrected chi connectivity index (χ3v) is 9.78. The number of rotatable bonds is 6. The summed E-state index contributed by atoms with van der Waals surface area (Å²) in [5.41, 5.74) is 0.777. The highest BCUT2D eigenvalue weighted by atomic mass is 32.2. The molecular formula is C20H30N2O5S2. The van der Waals surface area contributed by atoms with E-state index in [1.165, 1.54) is 0 Å². The molecule has 0 radical (unpaired) electrons. The summed E-state index contributed by atoms with van der Waals surface area (Å²) in [6.45, 7) is 4.89. The average molecular weight is 443 g/mol. The van der Waals surface area contributed by atoms with E-state index >= 15 is 0 Å². The van der Waals surface area contributed by atoms with E-state index in [1.807, 2.05) is 0 Å². The molecule has 162 valence electrons. The summed E-state index contributed by atoms with van der Waals surface area (Å²) in [5.74, 6) is 0.462. The van der Waals surface area contributed by atoms with Gasteiger partial charge in [0.2, 0.25) is 5.91 Å². The van der Waals surface area contributed by atoms with E-state index in [-0.39, 0.29) is 40.8 Å². The van der Waals surface area contributed by atoms with Crippen LogP contribution >= 0.6 is 0 Å². The molecule has 2 aliphatic heterocycles. The lowest BCUT2D eigenvalue weighted by Gasteiger charge is -2.35. The van der Waals surface area contributed by atoms with Gasteiger partial charge in [0.25, 0.3) is 0 Å². The molecule has 0 unspecified atom stereocenters. The van der Waals surface area contributed by atoms with Crippen LogP contribution in [0.4, 0.5) is 0 Å². The lowest BCUT2D eigenvalue weighted by atomic mass is 10.0. The highest BCUT2D eigenvalue weighted by Gasteiger charge is 2.34. The van der Waals surface area contributed by atoms with Crippen LogP contribution in [0, 0.1) is 0 Å². The maximum atomic E-state index is 12.4. The van der Waals surface area contributed by atoms with Crippen LogP contribution < -0.4 is 5.32 Å². The molecule has 2 heterocycles. The molecule has 1 aromatic rings. The number of likely N-dealkylation sites (tertiary alicyclic amines) is 1. The van der Waals surface area contributed by atoms with Gasteiger partial charge in [0.1, 0.15) is 0 Å². The Morgan fingerprint density at radius 2 is 1.76 bits per heavy atom. The number of carbonyl (C=O) groups is 1. The molecule has 2 aliphatic rings. The predicted octanol–water partition coefficient (Wildman–Crippen LogP) is 1.18. The minimum Gasteiger partial charge on any atom is -0.353 e. The normalized spacial score (nSPS) is 23.3. The zero-order chi connectivity index (χ0) is 21.2. The van der Waals surface area contributed by atoms with Gasteiger partial charge in [-0.2, -0.15) is 0 Å². The lowest BCUT2D eigenvalue weighted by molar-refractivity contribution is -0.121. The Morgan fingerprint density at radius 1 is 1.14 bits per heavy atom. The zero-order valence-electron chi connectivity index (χ0n) is 17.0. The monoisotopic (exact) mass is 442 g/mol. The molecule has 3 rings (SSSR count). The van der Waals surface area contributed by atoms with Crippen molar-refractivity contribution >= 4 is 25.6 Å². The molecule has 1 aromatic carbocycles. The minimum atomic E-state index is -3.31. The molecule has 0 spiro atoms. The predicted molar refractivity (Wildman–Crippen MR) is 112 cm³/mol. The molecule has 9 heteroatoms. The molecule has 0 aliphatic carbocycles. The van der Waals surface area contributed by atoms with Gasteiger partial charge < -0.3 is 5.32 Å². The smallest absolute Gasteiger partial charge is 0.224 e. The first-order chi connectivity index (χ1) is 13.6. The first kappa shape index (κ1) is 22.2. The van der Waals surface area contributed by atoms with Gasteiger partial charge in [-0.05, 0) is 50.8 Å². The van der Waals surface area contributed by atoms with E-state index in [9.17, 15) is 21.6 Å². The van der Waals surface area contributed by atoms with Gasteiger partial charge in [-0.3, -0.25) is 9.69 Å². The van der Waals surface area contributed by atoms with Crippen molar-refractivity contribution < 1.29 is 21.6 Å². The van der Waals surface area contributed by atoms with Gasteiger partial charge in [0.15, 0.2) is 19.7 Å². The first-order valence-electron chi connectivity index (χ1n) is 10.1. The number of sulfone groups is 2. The molecule has 1 atom stereocenters. The van der Waals surface area contributed by atoms with Gasteiger partial charge in [0.05, 0.1) is 28.1 Å². The van der Waals surface area contributed by atoms with Gasteiger partial charge in [-0.25, -0.2) is 16.8 Å². The highest BCUT2D eigenvalue weighted by Crippen LogP contribution is 2.22. The quantitative estimate of drug-likeness (QED) is 0.710. The van der Waals surface area contributed by atoms with Gasteiger partial charge in [-0.1, -0.05) is 12.1 Å². The molecule has 2 saturated heterocycles. The number of carbonyl (C=O) groups excluding carboxylic acids is 1. The van der Waals surface area contributed by atoms with Crippen LogP contribution in [0.25, 0.3) is 0 Å². The Balaban J connectivity index is 1.47. The molecule has 0 saturated carbocycles. The number of nitrogens with zero attached hydrogens (tertiary/aromatic N) is 1. The maximum Gasteiger partial charge on any atom is 0.224 e. The number of nitrogens with one attached hydrogen (secondary N) is 1. The summed E-state index contributed by atoms with van der Waals surface area (Å²) in [6.07, 6.45) is 2.55. The maximum absolute atomic E-state index is 12.4. The molecule has 7 nitrogen and oxygen atoms in total. The Hall–Kier alpha value is -1.45. The Labute approximate surface area is 173 Å². The van der Waals surface area contributed by atoms with E-state index < -0.39 is 24.9 Å². The van der Waals surface area contributed by atoms with E-state index in [0.717, 1.165) is 31.5 Å². The Kier molecular flexibility index (Phi) is 6.70. The largest absolute Gasteiger partial charge is 0.353 e. The zero-order valence-corrected chi connectivity index (χ0v) is 18.6. The minimum absolute atomic E-state index is 0.0774. The number of amides is 1. The van der Waals surface area contributed by atoms with Gasteiger partial charge in [-0.15, -0.1) is 0 Å². The number of piperidine rings is 1. The van der Waals surface area contributed by atoms with Crippen LogP contribution in [0.5, 0.6) is 0 Å². The van der Waals surface area contributed by atoms with Crippen molar-refractivity contribution in [2.75, 3.05) is 24.6 Å². The molecule has 29 heavy (non-hydrogen) atoms. The van der Waals surface area contributed by atoms with Gasteiger partial charge >= 0.3 is 0 Å². The van der Waals surface area contributed by atoms with Crippen LogP contribution in [-0.2, 0) is 30.9 Å². The van der Waals surface area contributed by atoms with Crippen molar-refractivity contribution in [1.82, 2.24) is 10.2 Å². The Bertz CT molecular complexity index is 932. The van der Waals surface area contributed by atoms with Crippen LogP contribution in [0.2, 0.25) is 0 Å². The fraction of sp³-hybridized carbons (Fsp3) is 0.650. The number of hydrogen-bond donors (Lipinski definition) is 1. The van der Waals surface area contributed by atoms with E-state index in [2.05, 4.69) is 10.2 Å². The molecule has 0 bridgehead atoms. The van der Waals surface area contributed by atoms with Crippen molar-refractivity contribution in [3.63, 3.8) is 0 Å². The second kappa shape index (κ2) is 8.73. The fourth-order valence-corrected chi connectivity index (χ4v) is 6.83. The second-order valence-electron chi connectivity index (χ2n) is 8.35. The second-order valence-corrected chi connectivity index (χ2v) is 13.1. The average Bonchev–Trinajstić information content (AvgIpc) is 3.02. The van der Waals surface area contributed by atoms with Crippen LogP contribution in [-0.4, -0.2) is 69.6 Å². The molecule has 1 N–H and O–H groups in total. The molecule has 1 amide bonds. The number of hydrogen-bond acceptors (Lipinski definition) is 6. The first-order valence-corrected chi connectivity index (χ1v) is 13.5. The molecule has 0 aromatic heterocycles. The standard InChI is InChI=1S/C20H30N2O5S2/c1-15(2)29(26,27)19-5-3-16(4-6-19)13-20(23)21-17-7-10-22(11-8-17)18-9-12-28(24,25)14-18/h3-6,15,17-18H,7-14H2,1-2H3,(H,21,23)/t18-/m0/s1. The Morgan fingerprint density at radius 3 is 2.28 bits per heavy atom. The summed E-state index contributed by atoms with van der Waals surface area (Å²) in [6, 6.07) is 6.73. The topological polar surface area (TPSA) is 101 Å². The highest BCUT2D eigenvalue weighted by molar-refractivity contribution is 7.92. The summed E-state index contributed by atoms with van der Waals surface area (Å²) < 4.78 is 47.7. The molecule has 2 fully saturated rings. The summed E-state index contributed by atoms with van der Waals surface area (Å²) in [5, 5.41) is 2.58. The third kappa shape index (κ3) is 5.58. The van der Waals surface area contributed by atoms with E-state index in [0.29, 0.717) is 6.42 Å². The van der Waals surface area contributed by atoms with Crippen LogP contribution in [0.15, 0.2) is 29.2 Å². The molecular weight excluding hydrogens is 412 g/mol. The SMILES string of the molecule is CC(C)S(=O)(=O)c1ccc(CC(=O)NC2CCN([C@H]3CCS(=O)(=O)C3)CC2)cc1. The summed E-state index contributed by atoms with van der Waals surface area (Å²) in [4.78, 5) is 14.9. The third-order valence-electron chi connectivity index (χ3n) is 5.86. The summed E-state index contributed by atoms with van der Waals surface area (Å²) in [7, 11) is -6.19. The van der Waals surface area contributed by atoms with E-state index in [4.69, 9.17) is 0 Å². The van der Waals surface area contributed by atoms with Crippen molar-refractivity contribution in [2.24, 2.45) is 0 Å². The van der Waals surface area contributed by atoms with E-state index in [1.54, 1.807) is 38.1 Å². The van der Waals surface area contributed by atoms with Crippen molar-refractivity contribution in [1.29, 1.82) is 0 Å². The van der Waals surface area contributed by atoms with Crippen molar-refractivity contribution in [3.8, 4) is 0 Å². The fourth-order valence-electron chi connectivity index (χ4n) is 4.01. The van der Waals surface area contributed by atoms with Crippen LogP contribution in [0.1, 0.15) is 38.7 Å². The van der Waals surface area contributed by atoms with Crippen LogP contribution in [0.3, 0.4) is 0 Å². The number of benzene rings is 1.